The highest BCUT2D eigenvalue weighted by Crippen LogP contribution is 2.38. The zero-order valence-electron chi connectivity index (χ0n) is 10.7. The Kier molecular flexibility index (Phi) is 3.45. The Morgan fingerprint density at radius 1 is 1.15 bits per heavy atom. The molecule has 1 aliphatic rings. The molecule has 0 aromatic heterocycles. The third-order valence-corrected chi connectivity index (χ3v) is 3.84. The lowest BCUT2D eigenvalue weighted by Gasteiger charge is -2.18. The summed E-state index contributed by atoms with van der Waals surface area (Å²) in [6.07, 6.45) is 0.936. The molecule has 20 heavy (non-hydrogen) atoms. The maximum Gasteiger partial charge on any atom is 0.224 e. The summed E-state index contributed by atoms with van der Waals surface area (Å²) in [7, 11) is 0. The molecule has 3 rings (SSSR count). The Labute approximate surface area is 121 Å². The Balaban J connectivity index is 2.15. The van der Waals surface area contributed by atoms with Gasteiger partial charge in [-0.3, -0.25) is 4.79 Å². The molecular weight excluding hydrogens is 277 g/mol. The summed E-state index contributed by atoms with van der Waals surface area (Å²) in [6.45, 7) is 0. The summed E-state index contributed by atoms with van der Waals surface area (Å²) < 4.78 is 14.1. The third-order valence-electron chi connectivity index (χ3n) is 3.60. The van der Waals surface area contributed by atoms with E-state index in [-0.39, 0.29) is 17.6 Å². The number of nitrogens with one attached hydrogen (secondary N) is 1. The van der Waals surface area contributed by atoms with Crippen molar-refractivity contribution < 1.29 is 9.18 Å². The van der Waals surface area contributed by atoms with Gasteiger partial charge >= 0.3 is 0 Å². The highest BCUT2D eigenvalue weighted by molar-refractivity contribution is 6.30. The molecule has 1 atom stereocenters. The molecule has 2 nitrogen and oxygen atoms in total. The van der Waals surface area contributed by atoms with Crippen LogP contribution in [0.5, 0.6) is 0 Å². The van der Waals surface area contributed by atoms with Gasteiger partial charge in [-0.15, -0.1) is 0 Å². The SMILES string of the molecule is O=C1CCC(c2ccccc2F)c2cc(Cl)ccc2N1. The number of hydrogen-bond acceptors (Lipinski definition) is 1. The van der Waals surface area contributed by atoms with Gasteiger partial charge < -0.3 is 5.32 Å². The van der Waals surface area contributed by atoms with E-state index in [1.54, 1.807) is 30.3 Å². The number of hydrogen-bond donors (Lipinski definition) is 1. The first-order chi connectivity index (χ1) is 9.65. The summed E-state index contributed by atoms with van der Waals surface area (Å²) in [5.41, 5.74) is 2.19. The molecule has 1 N–H and O–H groups in total. The van der Waals surface area contributed by atoms with Crippen molar-refractivity contribution in [2.24, 2.45) is 0 Å². The zero-order valence-corrected chi connectivity index (χ0v) is 11.5. The molecule has 4 heteroatoms. The highest BCUT2D eigenvalue weighted by atomic mass is 35.5. The number of amides is 1. The van der Waals surface area contributed by atoms with Crippen molar-refractivity contribution in [3.63, 3.8) is 0 Å². The summed E-state index contributed by atoms with van der Waals surface area (Å²) in [5, 5.41) is 3.43. The number of rotatable bonds is 1. The maximum atomic E-state index is 14.1. The van der Waals surface area contributed by atoms with E-state index in [1.807, 2.05) is 6.07 Å². The van der Waals surface area contributed by atoms with Crippen LogP contribution in [0.3, 0.4) is 0 Å². The van der Waals surface area contributed by atoms with Gasteiger partial charge in [0.25, 0.3) is 0 Å². The van der Waals surface area contributed by atoms with Crippen molar-refractivity contribution in [1.29, 1.82) is 0 Å². The molecule has 0 radical (unpaired) electrons. The van der Waals surface area contributed by atoms with Gasteiger partial charge in [0.15, 0.2) is 0 Å². The molecular formula is C16H13ClFNO. The number of carbonyl (C=O) groups excluding carboxylic acids is 1. The molecule has 0 aliphatic carbocycles. The molecule has 1 aliphatic heterocycles. The molecule has 1 unspecified atom stereocenters. The normalized spacial score (nSPS) is 18.1. The number of halogens is 2. The molecule has 102 valence electrons. The van der Waals surface area contributed by atoms with E-state index in [0.29, 0.717) is 29.1 Å². The summed E-state index contributed by atoms with van der Waals surface area (Å²) in [6, 6.07) is 12.0. The van der Waals surface area contributed by atoms with Crippen LogP contribution in [0.4, 0.5) is 10.1 Å². The second-order valence-corrected chi connectivity index (χ2v) is 5.33. The Hall–Kier alpha value is -1.87. The summed E-state index contributed by atoms with van der Waals surface area (Å²) >= 11 is 6.05. The standard InChI is InChI=1S/C16H13ClFNO/c17-10-5-7-15-13(9-10)11(6-8-16(20)19-15)12-3-1-2-4-14(12)18/h1-5,7,9,11H,6,8H2,(H,19,20). The zero-order chi connectivity index (χ0) is 14.1. The molecule has 1 heterocycles. The van der Waals surface area contributed by atoms with Gasteiger partial charge in [-0.25, -0.2) is 4.39 Å². The fourth-order valence-corrected chi connectivity index (χ4v) is 2.84. The van der Waals surface area contributed by atoms with E-state index in [1.165, 1.54) is 6.07 Å². The second-order valence-electron chi connectivity index (χ2n) is 4.89. The lowest BCUT2D eigenvalue weighted by Crippen LogP contribution is -2.08. The van der Waals surface area contributed by atoms with Gasteiger partial charge in [0, 0.05) is 23.0 Å². The van der Waals surface area contributed by atoms with Crippen LogP contribution in [0, 0.1) is 5.82 Å². The monoisotopic (exact) mass is 289 g/mol. The van der Waals surface area contributed by atoms with Crippen LogP contribution in [0.2, 0.25) is 5.02 Å². The van der Waals surface area contributed by atoms with Gasteiger partial charge in [-0.1, -0.05) is 29.8 Å². The third kappa shape index (κ3) is 2.41. The lowest BCUT2D eigenvalue weighted by atomic mass is 9.87. The van der Waals surface area contributed by atoms with Crippen LogP contribution >= 0.6 is 11.6 Å². The van der Waals surface area contributed by atoms with Crippen molar-refractivity contribution in [3.05, 3.63) is 64.4 Å². The fraction of sp³-hybridized carbons (Fsp3) is 0.188. The molecule has 0 spiro atoms. The Bertz CT molecular complexity index is 671. The van der Waals surface area contributed by atoms with Gasteiger partial charge in [-0.2, -0.15) is 0 Å². The second kappa shape index (κ2) is 5.25. The van der Waals surface area contributed by atoms with E-state index in [9.17, 15) is 9.18 Å². The van der Waals surface area contributed by atoms with Gasteiger partial charge in [0.05, 0.1) is 0 Å². The first kappa shape index (κ1) is 13.1. The largest absolute Gasteiger partial charge is 0.326 e. The quantitative estimate of drug-likeness (QED) is 0.831. The molecule has 0 saturated carbocycles. The van der Waals surface area contributed by atoms with Gasteiger partial charge in [0.1, 0.15) is 5.82 Å². The Morgan fingerprint density at radius 3 is 2.75 bits per heavy atom. The van der Waals surface area contributed by atoms with E-state index >= 15 is 0 Å². The van der Waals surface area contributed by atoms with Crippen molar-refractivity contribution in [1.82, 2.24) is 0 Å². The smallest absolute Gasteiger partial charge is 0.224 e. The minimum Gasteiger partial charge on any atom is -0.326 e. The highest BCUT2D eigenvalue weighted by Gasteiger charge is 2.25. The molecule has 0 saturated heterocycles. The van der Waals surface area contributed by atoms with Crippen molar-refractivity contribution in [2.75, 3.05) is 5.32 Å². The van der Waals surface area contributed by atoms with Crippen molar-refractivity contribution in [3.8, 4) is 0 Å². The molecule has 2 aromatic carbocycles. The van der Waals surface area contributed by atoms with E-state index in [2.05, 4.69) is 5.32 Å². The van der Waals surface area contributed by atoms with Crippen LogP contribution in [-0.2, 0) is 4.79 Å². The molecule has 1 amide bonds. The lowest BCUT2D eigenvalue weighted by molar-refractivity contribution is -0.116. The number of benzene rings is 2. The number of fused-ring (bicyclic) bond motifs is 1. The average Bonchev–Trinajstić information content (AvgIpc) is 2.58. The molecule has 0 bridgehead atoms. The van der Waals surface area contributed by atoms with Crippen LogP contribution in [0.15, 0.2) is 42.5 Å². The predicted octanol–water partition coefficient (Wildman–Crippen LogP) is 4.34. The number of carbonyl (C=O) groups is 1. The molecule has 2 aromatic rings. The van der Waals surface area contributed by atoms with E-state index in [0.717, 1.165) is 5.56 Å². The van der Waals surface area contributed by atoms with Crippen molar-refractivity contribution in [2.45, 2.75) is 18.8 Å². The van der Waals surface area contributed by atoms with Gasteiger partial charge in [0.2, 0.25) is 5.91 Å². The minimum absolute atomic E-state index is 0.0487. The van der Waals surface area contributed by atoms with E-state index < -0.39 is 0 Å². The van der Waals surface area contributed by atoms with Crippen LogP contribution < -0.4 is 5.32 Å². The first-order valence-electron chi connectivity index (χ1n) is 6.49. The predicted molar refractivity (Wildman–Crippen MR) is 77.6 cm³/mol. The van der Waals surface area contributed by atoms with Crippen LogP contribution in [0.1, 0.15) is 29.9 Å². The maximum absolute atomic E-state index is 14.1. The topological polar surface area (TPSA) is 29.1 Å². The van der Waals surface area contributed by atoms with E-state index in [4.69, 9.17) is 11.6 Å². The Morgan fingerprint density at radius 2 is 1.95 bits per heavy atom. The summed E-state index contributed by atoms with van der Waals surface area (Å²) in [4.78, 5) is 11.8. The summed E-state index contributed by atoms with van der Waals surface area (Å²) in [5.74, 6) is -0.464. The van der Waals surface area contributed by atoms with Crippen LogP contribution in [0.25, 0.3) is 0 Å². The number of anilines is 1. The fourth-order valence-electron chi connectivity index (χ4n) is 2.66. The minimum atomic E-state index is -0.252. The molecule has 0 fully saturated rings. The van der Waals surface area contributed by atoms with Gasteiger partial charge in [-0.05, 0) is 41.8 Å². The first-order valence-corrected chi connectivity index (χ1v) is 6.86. The van der Waals surface area contributed by atoms with Crippen LogP contribution in [-0.4, -0.2) is 5.91 Å². The van der Waals surface area contributed by atoms with Crippen molar-refractivity contribution >= 4 is 23.2 Å². The average molecular weight is 290 g/mol.